The van der Waals surface area contributed by atoms with E-state index in [1.807, 2.05) is 25.1 Å². The summed E-state index contributed by atoms with van der Waals surface area (Å²) in [5.41, 5.74) is 1.93. The lowest BCUT2D eigenvalue weighted by Gasteiger charge is -2.37. The highest BCUT2D eigenvalue weighted by molar-refractivity contribution is 6.74. The van der Waals surface area contributed by atoms with E-state index < -0.39 is 19.3 Å². The Morgan fingerprint density at radius 2 is 1.88 bits per heavy atom. The normalized spacial score (nSPS) is 23.1. The first-order valence-electron chi connectivity index (χ1n) is 13.5. The number of hydroxylamine groups is 2. The van der Waals surface area contributed by atoms with Gasteiger partial charge in [-0.15, -0.1) is 0 Å². The molecule has 2 aliphatic heterocycles. The molecule has 1 amide bonds. The number of fused-ring (bicyclic) bond motifs is 1. The first-order chi connectivity index (χ1) is 18.6. The molecule has 4 rings (SSSR count). The van der Waals surface area contributed by atoms with Crippen molar-refractivity contribution in [2.75, 3.05) is 20.7 Å². The molecular weight excluding hydrogens is 530 g/mol. The van der Waals surface area contributed by atoms with Crippen LogP contribution in [0.1, 0.15) is 43.6 Å². The quantitative estimate of drug-likeness (QED) is 0.188. The molecule has 0 unspecified atom stereocenters. The van der Waals surface area contributed by atoms with Gasteiger partial charge >= 0.3 is 5.97 Å². The minimum absolute atomic E-state index is 0.0410. The standard InChI is InChI=1S/C29H39N3O7Si/c1-18-25-24(17-37-40(7,8)29(2,3)4)39-31(26(25)28(34)38-18)16-19-10-9-11-20(14-19)22-13-12-21(27(33)30(5)6)15-23(22)32(35)36/h9-15,18,24-26H,16-17H2,1-8H3/t18-,24-,25+,26-/m0/s1. The lowest BCUT2D eigenvalue weighted by molar-refractivity contribution is -0.384. The van der Waals surface area contributed by atoms with Crippen LogP contribution in [0.5, 0.6) is 0 Å². The first kappa shape index (κ1) is 29.8. The zero-order valence-electron chi connectivity index (χ0n) is 24.5. The Morgan fingerprint density at radius 1 is 1.18 bits per heavy atom. The van der Waals surface area contributed by atoms with Gasteiger partial charge in [0.2, 0.25) is 0 Å². The van der Waals surface area contributed by atoms with Gasteiger partial charge in [-0.2, -0.15) is 5.06 Å². The highest BCUT2D eigenvalue weighted by Gasteiger charge is 2.56. The highest BCUT2D eigenvalue weighted by Crippen LogP contribution is 2.41. The smallest absolute Gasteiger partial charge is 0.326 e. The Balaban J connectivity index is 1.58. The molecule has 0 bridgehead atoms. The second kappa shape index (κ2) is 11.0. The molecule has 2 fully saturated rings. The molecule has 2 aliphatic rings. The van der Waals surface area contributed by atoms with E-state index in [0.717, 1.165) is 5.56 Å². The number of nitro benzene ring substituents is 1. The molecule has 40 heavy (non-hydrogen) atoms. The van der Waals surface area contributed by atoms with Crippen molar-refractivity contribution in [3.05, 3.63) is 63.7 Å². The van der Waals surface area contributed by atoms with Gasteiger partial charge in [0.25, 0.3) is 11.6 Å². The third-order valence-electron chi connectivity index (χ3n) is 8.30. The summed E-state index contributed by atoms with van der Waals surface area (Å²) in [6.45, 7) is 13.5. The van der Waals surface area contributed by atoms with E-state index in [2.05, 4.69) is 33.9 Å². The summed E-state index contributed by atoms with van der Waals surface area (Å²) in [5, 5.41) is 13.6. The number of cyclic esters (lactones) is 1. The van der Waals surface area contributed by atoms with E-state index in [1.165, 1.54) is 11.0 Å². The van der Waals surface area contributed by atoms with Crippen LogP contribution in [0.25, 0.3) is 11.1 Å². The molecule has 2 aromatic carbocycles. The number of carbonyl (C=O) groups excluding carboxylic acids is 2. The van der Waals surface area contributed by atoms with Gasteiger partial charge in [-0.1, -0.05) is 39.0 Å². The van der Waals surface area contributed by atoms with Crippen LogP contribution in [0, 0.1) is 16.0 Å². The summed E-state index contributed by atoms with van der Waals surface area (Å²) in [6.07, 6.45) is -0.625. The van der Waals surface area contributed by atoms with Gasteiger partial charge in [-0.05, 0) is 54.4 Å². The highest BCUT2D eigenvalue weighted by atomic mass is 28.4. The number of esters is 1. The molecule has 4 atom stereocenters. The summed E-state index contributed by atoms with van der Waals surface area (Å²) in [6, 6.07) is 11.3. The molecule has 2 saturated heterocycles. The molecule has 0 spiro atoms. The Hall–Kier alpha value is -3.12. The number of hydrogen-bond acceptors (Lipinski definition) is 8. The van der Waals surface area contributed by atoms with Crippen molar-refractivity contribution in [2.45, 2.75) is 70.6 Å². The summed E-state index contributed by atoms with van der Waals surface area (Å²) in [5.74, 6) is -0.794. The average molecular weight is 570 g/mol. The van der Waals surface area contributed by atoms with E-state index in [0.29, 0.717) is 24.3 Å². The minimum Gasteiger partial charge on any atom is -0.461 e. The van der Waals surface area contributed by atoms with Gasteiger partial charge in [0, 0.05) is 25.7 Å². The van der Waals surface area contributed by atoms with Crippen molar-refractivity contribution in [1.29, 1.82) is 0 Å². The number of ether oxygens (including phenoxy) is 1. The zero-order chi connectivity index (χ0) is 29.6. The zero-order valence-corrected chi connectivity index (χ0v) is 25.5. The number of nitrogens with zero attached hydrogens (tertiary/aromatic N) is 3. The third kappa shape index (κ3) is 5.83. The minimum atomic E-state index is -2.03. The van der Waals surface area contributed by atoms with Crippen molar-refractivity contribution < 1.29 is 28.5 Å². The van der Waals surface area contributed by atoms with Gasteiger partial charge in [-0.3, -0.25) is 24.5 Å². The lowest BCUT2D eigenvalue weighted by atomic mass is 9.93. The van der Waals surface area contributed by atoms with Gasteiger partial charge in [-0.25, -0.2) is 0 Å². The third-order valence-corrected chi connectivity index (χ3v) is 12.8. The Labute approximate surface area is 236 Å². The molecule has 0 aliphatic carbocycles. The summed E-state index contributed by atoms with van der Waals surface area (Å²) >= 11 is 0. The Kier molecular flexibility index (Phi) is 8.24. The monoisotopic (exact) mass is 569 g/mol. The van der Waals surface area contributed by atoms with Crippen LogP contribution < -0.4 is 0 Å². The van der Waals surface area contributed by atoms with E-state index in [1.54, 1.807) is 37.4 Å². The van der Waals surface area contributed by atoms with E-state index >= 15 is 0 Å². The number of hydrogen-bond donors (Lipinski definition) is 0. The van der Waals surface area contributed by atoms with E-state index in [-0.39, 0.29) is 46.3 Å². The van der Waals surface area contributed by atoms with Crippen LogP contribution in [0.3, 0.4) is 0 Å². The number of nitro groups is 1. The maximum absolute atomic E-state index is 12.8. The second-order valence-corrected chi connectivity index (χ2v) is 17.2. The molecule has 0 N–H and O–H groups in total. The molecule has 11 heteroatoms. The van der Waals surface area contributed by atoms with E-state index in [4.69, 9.17) is 14.0 Å². The van der Waals surface area contributed by atoms with Gasteiger partial charge < -0.3 is 14.1 Å². The van der Waals surface area contributed by atoms with Crippen molar-refractivity contribution in [3.63, 3.8) is 0 Å². The first-order valence-corrected chi connectivity index (χ1v) is 16.4. The van der Waals surface area contributed by atoms with Gasteiger partial charge in [0.15, 0.2) is 8.32 Å². The maximum Gasteiger partial charge on any atom is 0.326 e. The van der Waals surface area contributed by atoms with Crippen LogP contribution in [0.15, 0.2) is 42.5 Å². The molecule has 0 aromatic heterocycles. The molecule has 10 nitrogen and oxygen atoms in total. The van der Waals surface area contributed by atoms with Crippen LogP contribution in [-0.2, 0) is 25.3 Å². The Morgan fingerprint density at radius 3 is 2.50 bits per heavy atom. The van der Waals surface area contributed by atoms with Crippen molar-refractivity contribution in [2.24, 2.45) is 5.92 Å². The number of amides is 1. The number of rotatable bonds is 8. The topological polar surface area (TPSA) is 111 Å². The van der Waals surface area contributed by atoms with Crippen LogP contribution in [-0.4, -0.2) is 74.0 Å². The van der Waals surface area contributed by atoms with Crippen molar-refractivity contribution >= 4 is 25.9 Å². The van der Waals surface area contributed by atoms with Crippen molar-refractivity contribution in [3.8, 4) is 11.1 Å². The van der Waals surface area contributed by atoms with Crippen LogP contribution >= 0.6 is 0 Å². The molecule has 0 saturated carbocycles. The largest absolute Gasteiger partial charge is 0.461 e. The molecule has 2 aromatic rings. The number of benzene rings is 2. The molecule has 2 heterocycles. The molecule has 216 valence electrons. The van der Waals surface area contributed by atoms with Gasteiger partial charge in [0.1, 0.15) is 18.2 Å². The SMILES string of the molecule is C[C@@H]1OC(=O)[C@@H]2[C@H]1[C@H](CO[Si](C)(C)C(C)(C)C)ON2Cc1cccc(-c2ccc(C(=O)N(C)C)cc2[N+](=O)[O-])c1. The molecular formula is C29H39N3O7Si. The number of carbonyl (C=O) groups is 2. The summed E-state index contributed by atoms with van der Waals surface area (Å²) in [4.78, 5) is 44.4. The van der Waals surface area contributed by atoms with Gasteiger partial charge in [0.05, 0.1) is 29.6 Å². The van der Waals surface area contributed by atoms with E-state index in [9.17, 15) is 19.7 Å². The maximum atomic E-state index is 12.8. The molecule has 0 radical (unpaired) electrons. The predicted octanol–water partition coefficient (Wildman–Crippen LogP) is 5.03. The fourth-order valence-corrected chi connectivity index (χ4v) is 6.00. The fraction of sp³-hybridized carbons (Fsp3) is 0.517. The van der Waals surface area contributed by atoms with Crippen molar-refractivity contribution in [1.82, 2.24) is 9.96 Å². The van der Waals surface area contributed by atoms with Crippen LogP contribution in [0.2, 0.25) is 18.1 Å². The van der Waals surface area contributed by atoms with Crippen LogP contribution in [0.4, 0.5) is 5.69 Å². The summed E-state index contributed by atoms with van der Waals surface area (Å²) < 4.78 is 12.0. The lowest BCUT2D eigenvalue weighted by Crippen LogP contribution is -2.44. The summed E-state index contributed by atoms with van der Waals surface area (Å²) in [7, 11) is 1.17. The Bertz CT molecular complexity index is 1310. The predicted molar refractivity (Wildman–Crippen MR) is 153 cm³/mol. The average Bonchev–Trinajstić information content (AvgIpc) is 3.38. The second-order valence-electron chi connectivity index (χ2n) is 12.3. The fourth-order valence-electron chi connectivity index (χ4n) is 4.99.